The third kappa shape index (κ3) is 4.75. The van der Waals surface area contributed by atoms with Crippen molar-refractivity contribution < 1.29 is 10.0 Å². The summed E-state index contributed by atoms with van der Waals surface area (Å²) in [6.07, 6.45) is 1.81. The largest absolute Gasteiger partial charge is 0.390 e. The van der Waals surface area contributed by atoms with Gasteiger partial charge in [0, 0.05) is 13.1 Å². The minimum atomic E-state index is -0.645. The standard InChI is InChI=1S/C10H16N4O3/c1-8(2)3-11-5-10(15)7-13-6-9(4-12-13)14(16)17/h4,6,10-11,15H,1,3,5,7H2,2H3. The molecule has 7 heteroatoms. The summed E-state index contributed by atoms with van der Waals surface area (Å²) in [5, 5.41) is 26.9. The topological polar surface area (TPSA) is 93.2 Å². The van der Waals surface area contributed by atoms with Crippen LogP contribution in [0.15, 0.2) is 24.5 Å². The number of nitro groups is 1. The van der Waals surface area contributed by atoms with Crippen molar-refractivity contribution in [3.05, 3.63) is 34.7 Å². The lowest BCUT2D eigenvalue weighted by molar-refractivity contribution is -0.385. The minimum absolute atomic E-state index is 0.0768. The Labute approximate surface area is 98.9 Å². The zero-order chi connectivity index (χ0) is 12.8. The maximum absolute atomic E-state index is 10.4. The average molecular weight is 240 g/mol. The van der Waals surface area contributed by atoms with Crippen LogP contribution in [0.3, 0.4) is 0 Å². The first-order valence-electron chi connectivity index (χ1n) is 5.19. The molecule has 1 aromatic heterocycles. The Hall–Kier alpha value is -1.73. The number of nitrogens with one attached hydrogen (secondary N) is 1. The lowest BCUT2D eigenvalue weighted by Crippen LogP contribution is -2.31. The summed E-state index contributed by atoms with van der Waals surface area (Å²) in [4.78, 5) is 9.90. The Bertz CT molecular complexity index is 402. The molecule has 17 heavy (non-hydrogen) atoms. The molecule has 0 aliphatic heterocycles. The smallest absolute Gasteiger partial charge is 0.306 e. The molecular formula is C10H16N4O3. The zero-order valence-corrected chi connectivity index (χ0v) is 9.67. The molecule has 1 aromatic rings. The molecule has 0 fully saturated rings. The summed E-state index contributed by atoms with van der Waals surface area (Å²) in [5.74, 6) is 0. The van der Waals surface area contributed by atoms with Crippen LogP contribution in [0.5, 0.6) is 0 Å². The van der Waals surface area contributed by atoms with Crippen molar-refractivity contribution in [1.29, 1.82) is 0 Å². The summed E-state index contributed by atoms with van der Waals surface area (Å²) in [7, 11) is 0. The first-order chi connectivity index (χ1) is 7.99. The molecule has 0 aliphatic rings. The second-order valence-electron chi connectivity index (χ2n) is 3.92. The number of aliphatic hydroxyl groups excluding tert-OH is 1. The summed E-state index contributed by atoms with van der Waals surface area (Å²) in [6, 6.07) is 0. The van der Waals surface area contributed by atoms with Crippen LogP contribution in [-0.4, -0.2) is 39.0 Å². The van der Waals surface area contributed by atoms with Crippen molar-refractivity contribution in [2.75, 3.05) is 13.1 Å². The molecule has 0 saturated heterocycles. The number of hydrogen-bond acceptors (Lipinski definition) is 5. The second kappa shape index (κ2) is 6.12. The van der Waals surface area contributed by atoms with Gasteiger partial charge < -0.3 is 10.4 Å². The van der Waals surface area contributed by atoms with E-state index in [0.29, 0.717) is 13.1 Å². The van der Waals surface area contributed by atoms with Gasteiger partial charge in [-0.15, -0.1) is 0 Å². The van der Waals surface area contributed by atoms with Crippen molar-refractivity contribution >= 4 is 5.69 Å². The van der Waals surface area contributed by atoms with Crippen LogP contribution in [0.1, 0.15) is 6.92 Å². The molecule has 1 atom stereocenters. The summed E-state index contributed by atoms with van der Waals surface area (Å²) in [5.41, 5.74) is 0.902. The van der Waals surface area contributed by atoms with Crippen LogP contribution < -0.4 is 5.32 Å². The van der Waals surface area contributed by atoms with Crippen molar-refractivity contribution in [2.24, 2.45) is 0 Å². The molecule has 1 heterocycles. The molecule has 0 saturated carbocycles. The Balaban J connectivity index is 2.36. The van der Waals surface area contributed by atoms with Crippen molar-refractivity contribution in [3.63, 3.8) is 0 Å². The van der Waals surface area contributed by atoms with Crippen LogP contribution in [-0.2, 0) is 6.54 Å². The monoisotopic (exact) mass is 240 g/mol. The van der Waals surface area contributed by atoms with Gasteiger partial charge >= 0.3 is 5.69 Å². The maximum Gasteiger partial charge on any atom is 0.306 e. The van der Waals surface area contributed by atoms with Gasteiger partial charge in [0.05, 0.1) is 17.6 Å². The quantitative estimate of drug-likeness (QED) is 0.406. The van der Waals surface area contributed by atoms with Crippen molar-refractivity contribution in [2.45, 2.75) is 19.6 Å². The highest BCUT2D eigenvalue weighted by Gasteiger charge is 2.11. The third-order valence-corrected chi connectivity index (χ3v) is 2.03. The molecular weight excluding hydrogens is 224 g/mol. The lowest BCUT2D eigenvalue weighted by Gasteiger charge is -2.11. The van der Waals surface area contributed by atoms with Gasteiger partial charge in [-0.1, -0.05) is 12.2 Å². The van der Waals surface area contributed by atoms with E-state index in [1.807, 2.05) is 6.92 Å². The highest BCUT2D eigenvalue weighted by molar-refractivity contribution is 5.20. The molecule has 1 rings (SSSR count). The van der Waals surface area contributed by atoms with E-state index < -0.39 is 11.0 Å². The van der Waals surface area contributed by atoms with Gasteiger partial charge in [0.15, 0.2) is 0 Å². The molecule has 2 N–H and O–H groups in total. The van der Waals surface area contributed by atoms with Gasteiger partial charge in [-0.25, -0.2) is 0 Å². The highest BCUT2D eigenvalue weighted by atomic mass is 16.6. The molecule has 0 amide bonds. The number of nitrogens with zero attached hydrogens (tertiary/aromatic N) is 3. The fraction of sp³-hybridized carbons (Fsp3) is 0.500. The maximum atomic E-state index is 10.4. The second-order valence-corrected chi connectivity index (χ2v) is 3.92. The molecule has 1 unspecified atom stereocenters. The zero-order valence-electron chi connectivity index (χ0n) is 9.67. The Morgan fingerprint density at radius 1 is 1.82 bits per heavy atom. The van der Waals surface area contributed by atoms with Crippen LogP contribution in [0.2, 0.25) is 0 Å². The highest BCUT2D eigenvalue weighted by Crippen LogP contribution is 2.07. The molecule has 7 nitrogen and oxygen atoms in total. The molecule has 0 aliphatic carbocycles. The van der Waals surface area contributed by atoms with Crippen LogP contribution in [0.4, 0.5) is 5.69 Å². The van der Waals surface area contributed by atoms with Crippen LogP contribution in [0.25, 0.3) is 0 Å². The number of aromatic nitrogens is 2. The third-order valence-electron chi connectivity index (χ3n) is 2.03. The van der Waals surface area contributed by atoms with E-state index in [4.69, 9.17) is 0 Å². The average Bonchev–Trinajstić information content (AvgIpc) is 2.65. The fourth-order valence-electron chi connectivity index (χ4n) is 1.28. The minimum Gasteiger partial charge on any atom is -0.390 e. The van der Waals surface area contributed by atoms with Gasteiger partial charge in [-0.05, 0) is 6.92 Å². The lowest BCUT2D eigenvalue weighted by atomic mass is 10.3. The summed E-state index contributed by atoms with van der Waals surface area (Å²) >= 11 is 0. The van der Waals surface area contributed by atoms with E-state index in [-0.39, 0.29) is 12.2 Å². The first-order valence-corrected chi connectivity index (χ1v) is 5.19. The van der Waals surface area contributed by atoms with E-state index in [1.54, 1.807) is 0 Å². The van der Waals surface area contributed by atoms with E-state index in [2.05, 4.69) is 17.0 Å². The summed E-state index contributed by atoms with van der Waals surface area (Å²) < 4.78 is 1.35. The summed E-state index contributed by atoms with van der Waals surface area (Å²) in [6.45, 7) is 6.85. The Kier molecular flexibility index (Phi) is 4.80. The van der Waals surface area contributed by atoms with Crippen LogP contribution in [0, 0.1) is 10.1 Å². The van der Waals surface area contributed by atoms with E-state index in [0.717, 1.165) is 11.8 Å². The van der Waals surface area contributed by atoms with E-state index in [9.17, 15) is 15.2 Å². The SMILES string of the molecule is C=C(C)CNCC(O)Cn1cc([N+](=O)[O-])cn1. The Morgan fingerprint density at radius 3 is 3.06 bits per heavy atom. The molecule has 0 radical (unpaired) electrons. The van der Waals surface area contributed by atoms with Gasteiger partial charge in [-0.3, -0.25) is 14.8 Å². The first kappa shape index (κ1) is 13.3. The Morgan fingerprint density at radius 2 is 2.53 bits per heavy atom. The number of hydrogen-bond donors (Lipinski definition) is 2. The number of rotatable bonds is 7. The number of aliphatic hydroxyl groups is 1. The van der Waals surface area contributed by atoms with Crippen LogP contribution >= 0.6 is 0 Å². The van der Waals surface area contributed by atoms with Crippen molar-refractivity contribution in [3.8, 4) is 0 Å². The molecule has 0 aromatic carbocycles. The molecule has 94 valence electrons. The predicted octanol–water partition coefficient (Wildman–Crippen LogP) is 0.318. The van der Waals surface area contributed by atoms with E-state index >= 15 is 0 Å². The van der Waals surface area contributed by atoms with E-state index in [1.165, 1.54) is 10.9 Å². The van der Waals surface area contributed by atoms with Gasteiger partial charge in [0.1, 0.15) is 12.4 Å². The van der Waals surface area contributed by atoms with Gasteiger partial charge in [0.2, 0.25) is 0 Å². The molecule has 0 spiro atoms. The fourth-order valence-corrected chi connectivity index (χ4v) is 1.28. The van der Waals surface area contributed by atoms with Gasteiger partial charge in [0.25, 0.3) is 0 Å². The molecule has 0 bridgehead atoms. The normalized spacial score (nSPS) is 12.4. The van der Waals surface area contributed by atoms with Crippen molar-refractivity contribution in [1.82, 2.24) is 15.1 Å². The van der Waals surface area contributed by atoms with Gasteiger partial charge in [-0.2, -0.15) is 5.10 Å². The predicted molar refractivity (Wildman–Crippen MR) is 62.6 cm³/mol.